The zero-order valence-electron chi connectivity index (χ0n) is 13.8. The minimum absolute atomic E-state index is 0.0137. The molecule has 2 aliphatic rings. The van der Waals surface area contributed by atoms with Crippen molar-refractivity contribution < 1.29 is 22.7 Å². The van der Waals surface area contributed by atoms with Crippen LogP contribution in [0, 0.1) is 0 Å². The Hall–Kier alpha value is -2.09. The lowest BCUT2D eigenvalue weighted by Crippen LogP contribution is -2.39. The van der Waals surface area contributed by atoms with Crippen molar-refractivity contribution in [2.45, 2.75) is 49.6 Å². The summed E-state index contributed by atoms with van der Waals surface area (Å²) in [5.41, 5.74) is 0.934. The van der Waals surface area contributed by atoms with Gasteiger partial charge in [0, 0.05) is 6.42 Å². The van der Waals surface area contributed by atoms with Gasteiger partial charge in [-0.25, -0.2) is 13.2 Å². The van der Waals surface area contributed by atoms with Crippen LogP contribution in [0.5, 0.6) is 0 Å². The predicted octanol–water partition coefficient (Wildman–Crippen LogP) is 1.14. The van der Waals surface area contributed by atoms with Crippen LogP contribution in [0.4, 0.5) is 4.79 Å². The van der Waals surface area contributed by atoms with E-state index in [1.165, 1.54) is 0 Å². The molecule has 136 valence electrons. The lowest BCUT2D eigenvalue weighted by Gasteiger charge is -2.16. The van der Waals surface area contributed by atoms with Crippen LogP contribution < -0.4 is 10.6 Å². The summed E-state index contributed by atoms with van der Waals surface area (Å²) >= 11 is 0. The molecule has 7 nitrogen and oxygen atoms in total. The fraction of sp³-hybridized carbons (Fsp3) is 0.529. The second-order valence-corrected chi connectivity index (χ2v) is 8.77. The van der Waals surface area contributed by atoms with Crippen LogP contribution in [0.1, 0.15) is 31.2 Å². The fourth-order valence-corrected chi connectivity index (χ4v) is 5.70. The Morgan fingerprint density at radius 1 is 1.16 bits per heavy atom. The van der Waals surface area contributed by atoms with Crippen LogP contribution in [-0.4, -0.2) is 43.5 Å². The second kappa shape index (κ2) is 7.43. The number of rotatable bonds is 7. The summed E-state index contributed by atoms with van der Waals surface area (Å²) in [4.78, 5) is 23.1. The van der Waals surface area contributed by atoms with Crippen molar-refractivity contribution in [2.24, 2.45) is 0 Å². The van der Waals surface area contributed by atoms with Crippen LogP contribution in [0.15, 0.2) is 30.3 Å². The topological polar surface area (TPSA) is 102 Å². The number of ether oxygens (including phenoxy) is 1. The van der Waals surface area contributed by atoms with Gasteiger partial charge in [-0.15, -0.1) is 0 Å². The molecule has 1 aromatic rings. The van der Waals surface area contributed by atoms with E-state index in [9.17, 15) is 18.0 Å². The molecular weight excluding hydrogens is 344 g/mol. The maximum absolute atomic E-state index is 12.2. The number of carbonyl (C=O) groups excluding carboxylic acids is 2. The van der Waals surface area contributed by atoms with Gasteiger partial charge in [-0.1, -0.05) is 36.8 Å². The molecule has 0 unspecified atom stereocenters. The van der Waals surface area contributed by atoms with Crippen molar-refractivity contribution in [3.63, 3.8) is 0 Å². The van der Waals surface area contributed by atoms with Crippen LogP contribution in [-0.2, 0) is 26.0 Å². The number of unbranched alkanes of at least 4 members (excludes halogenated alkanes) is 1. The van der Waals surface area contributed by atoms with E-state index in [-0.39, 0.29) is 42.9 Å². The highest BCUT2D eigenvalue weighted by Gasteiger charge is 2.51. The first kappa shape index (κ1) is 17.7. The first-order valence-electron chi connectivity index (χ1n) is 8.44. The predicted molar refractivity (Wildman–Crippen MR) is 91.5 cm³/mol. The summed E-state index contributed by atoms with van der Waals surface area (Å²) in [6, 6.07) is 8.44. The Kier molecular flexibility index (Phi) is 5.27. The minimum atomic E-state index is -3.21. The zero-order valence-corrected chi connectivity index (χ0v) is 14.6. The molecule has 0 aliphatic carbocycles. The lowest BCUT2D eigenvalue weighted by atomic mass is 10.0. The Balaban J connectivity index is 1.39. The van der Waals surface area contributed by atoms with E-state index >= 15 is 0 Å². The SMILES string of the molecule is O=C1N[C@@H]2[C@@H](CCCCC(=O)OCc3ccccc3)S(=O)(=O)C[C@H]2N1. The zero-order chi connectivity index (χ0) is 17.9. The third-order valence-corrected chi connectivity index (χ3v) is 6.96. The van der Waals surface area contributed by atoms with Gasteiger partial charge >= 0.3 is 12.0 Å². The number of benzene rings is 1. The van der Waals surface area contributed by atoms with Gasteiger partial charge in [0.25, 0.3) is 0 Å². The highest BCUT2D eigenvalue weighted by Crippen LogP contribution is 2.28. The van der Waals surface area contributed by atoms with Crippen molar-refractivity contribution in [3.05, 3.63) is 35.9 Å². The largest absolute Gasteiger partial charge is 0.461 e. The number of hydrogen-bond acceptors (Lipinski definition) is 5. The van der Waals surface area contributed by atoms with E-state index in [1.807, 2.05) is 30.3 Å². The first-order valence-corrected chi connectivity index (χ1v) is 10.2. The van der Waals surface area contributed by atoms with Crippen LogP contribution >= 0.6 is 0 Å². The molecule has 2 saturated heterocycles. The van der Waals surface area contributed by atoms with Gasteiger partial charge in [-0.3, -0.25) is 4.79 Å². The summed E-state index contributed by atoms with van der Waals surface area (Å²) in [6.07, 6.45) is 1.87. The molecule has 0 bridgehead atoms. The van der Waals surface area contributed by atoms with Gasteiger partial charge in [0.15, 0.2) is 9.84 Å². The Labute approximate surface area is 147 Å². The third kappa shape index (κ3) is 4.31. The monoisotopic (exact) mass is 366 g/mol. The van der Waals surface area contributed by atoms with Crippen LogP contribution in [0.3, 0.4) is 0 Å². The summed E-state index contributed by atoms with van der Waals surface area (Å²) < 4.78 is 29.6. The molecule has 0 radical (unpaired) electrons. The number of sulfone groups is 1. The van der Waals surface area contributed by atoms with Gasteiger partial charge in [0.2, 0.25) is 0 Å². The molecule has 0 spiro atoms. The van der Waals surface area contributed by atoms with Gasteiger partial charge in [0.1, 0.15) is 6.61 Å². The van der Waals surface area contributed by atoms with Crippen molar-refractivity contribution in [3.8, 4) is 0 Å². The highest BCUT2D eigenvalue weighted by atomic mass is 32.2. The number of hydrogen-bond donors (Lipinski definition) is 2. The van der Waals surface area contributed by atoms with Crippen molar-refractivity contribution in [1.29, 1.82) is 0 Å². The van der Waals surface area contributed by atoms with Crippen molar-refractivity contribution >= 4 is 21.8 Å². The summed E-state index contributed by atoms with van der Waals surface area (Å²) in [7, 11) is -3.21. The van der Waals surface area contributed by atoms with Crippen LogP contribution in [0.2, 0.25) is 0 Å². The number of urea groups is 1. The molecule has 2 N–H and O–H groups in total. The van der Waals surface area contributed by atoms with Crippen molar-refractivity contribution in [2.75, 3.05) is 5.75 Å². The Morgan fingerprint density at radius 3 is 2.68 bits per heavy atom. The third-order valence-electron chi connectivity index (χ3n) is 4.68. The molecular formula is C17H22N2O5S. The number of esters is 1. The summed E-state index contributed by atoms with van der Waals surface area (Å²) in [5, 5.41) is 4.76. The van der Waals surface area contributed by atoms with Gasteiger partial charge in [-0.2, -0.15) is 0 Å². The van der Waals surface area contributed by atoms with E-state index in [2.05, 4.69) is 10.6 Å². The molecule has 2 amide bonds. The molecule has 0 aromatic heterocycles. The first-order chi connectivity index (χ1) is 12.0. The molecule has 1 aromatic carbocycles. The number of amides is 2. The van der Waals surface area contributed by atoms with Gasteiger partial charge in [0.05, 0.1) is 23.1 Å². The molecule has 3 rings (SSSR count). The average molecular weight is 366 g/mol. The minimum Gasteiger partial charge on any atom is -0.461 e. The number of carbonyl (C=O) groups is 2. The molecule has 2 aliphatic heterocycles. The number of nitrogens with one attached hydrogen (secondary N) is 2. The van der Waals surface area contributed by atoms with Crippen LogP contribution in [0.25, 0.3) is 0 Å². The average Bonchev–Trinajstić information content (AvgIpc) is 3.02. The van der Waals surface area contributed by atoms with E-state index in [4.69, 9.17) is 4.74 Å². The maximum atomic E-state index is 12.2. The summed E-state index contributed by atoms with van der Waals surface area (Å²) in [5.74, 6) is -0.299. The van der Waals surface area contributed by atoms with E-state index in [0.717, 1.165) is 5.56 Å². The van der Waals surface area contributed by atoms with Gasteiger partial charge in [-0.05, 0) is 18.4 Å². The van der Waals surface area contributed by atoms with E-state index in [1.54, 1.807) is 0 Å². The molecule has 2 fully saturated rings. The molecule has 8 heteroatoms. The smallest absolute Gasteiger partial charge is 0.315 e. The van der Waals surface area contributed by atoms with Crippen molar-refractivity contribution in [1.82, 2.24) is 10.6 Å². The second-order valence-electron chi connectivity index (χ2n) is 6.51. The van der Waals surface area contributed by atoms with Gasteiger partial charge < -0.3 is 15.4 Å². The van der Waals surface area contributed by atoms with E-state index < -0.39 is 15.1 Å². The Bertz CT molecular complexity index is 735. The molecule has 25 heavy (non-hydrogen) atoms. The quantitative estimate of drug-likeness (QED) is 0.428. The maximum Gasteiger partial charge on any atom is 0.315 e. The molecule has 3 atom stereocenters. The summed E-state index contributed by atoms with van der Waals surface area (Å²) in [6.45, 7) is 0.248. The highest BCUT2D eigenvalue weighted by molar-refractivity contribution is 7.92. The molecule has 2 heterocycles. The number of fused-ring (bicyclic) bond motifs is 1. The normalized spacial score (nSPS) is 26.6. The molecule has 0 saturated carbocycles. The standard InChI is InChI=1S/C17H22N2O5S/c20-15(24-10-12-6-2-1-3-7-12)9-5-4-8-14-16-13(11-25(14,22)23)18-17(21)19-16/h1-3,6-7,13-14,16H,4-5,8-11H2,(H2,18,19,21)/t13-,14-,16+/m1/s1. The van der Waals surface area contributed by atoms with E-state index in [0.29, 0.717) is 19.3 Å². The Morgan fingerprint density at radius 2 is 1.92 bits per heavy atom. The fourth-order valence-electron chi connectivity index (χ4n) is 3.43. The lowest BCUT2D eigenvalue weighted by molar-refractivity contribution is -0.145.